The summed E-state index contributed by atoms with van der Waals surface area (Å²) in [5.41, 5.74) is 0.212. The largest absolute Gasteiger partial charge is 0.370 e. The van der Waals surface area contributed by atoms with Crippen LogP contribution in [0.3, 0.4) is 0 Å². The maximum absolute atomic E-state index is 8.94. The standard InChI is InChI=1S/C15H24N2O2/c16-10-14-12-17(8-9-18-14)11-13-4-7-15(19-13)5-2-1-3-6-15/h13-14H,1-9,11-12H2. The van der Waals surface area contributed by atoms with Crippen LogP contribution < -0.4 is 0 Å². The Kier molecular flexibility index (Phi) is 4.07. The van der Waals surface area contributed by atoms with Crippen LogP contribution in [0.15, 0.2) is 0 Å². The molecule has 4 nitrogen and oxygen atoms in total. The Balaban J connectivity index is 1.50. The number of rotatable bonds is 2. The molecule has 2 atom stereocenters. The van der Waals surface area contributed by atoms with Gasteiger partial charge in [0, 0.05) is 19.6 Å². The van der Waals surface area contributed by atoms with Gasteiger partial charge in [-0.2, -0.15) is 5.26 Å². The van der Waals surface area contributed by atoms with E-state index in [1.165, 1.54) is 44.9 Å². The summed E-state index contributed by atoms with van der Waals surface area (Å²) >= 11 is 0. The molecule has 2 unspecified atom stereocenters. The summed E-state index contributed by atoms with van der Waals surface area (Å²) in [6.45, 7) is 3.33. The summed E-state index contributed by atoms with van der Waals surface area (Å²) in [6, 6.07) is 2.21. The predicted octanol–water partition coefficient (Wildman–Crippen LogP) is 2.09. The number of hydrogen-bond acceptors (Lipinski definition) is 4. The second-order valence-electron chi connectivity index (χ2n) is 6.27. The van der Waals surface area contributed by atoms with Gasteiger partial charge in [0.1, 0.15) is 0 Å². The maximum atomic E-state index is 8.94. The van der Waals surface area contributed by atoms with Crippen molar-refractivity contribution in [1.82, 2.24) is 4.90 Å². The first-order chi connectivity index (χ1) is 9.30. The van der Waals surface area contributed by atoms with Crippen LogP contribution >= 0.6 is 0 Å². The van der Waals surface area contributed by atoms with Gasteiger partial charge in [-0.25, -0.2) is 0 Å². The predicted molar refractivity (Wildman–Crippen MR) is 71.7 cm³/mol. The van der Waals surface area contributed by atoms with E-state index in [4.69, 9.17) is 14.7 Å². The molecule has 2 heterocycles. The molecule has 0 aromatic heterocycles. The summed E-state index contributed by atoms with van der Waals surface area (Å²) in [5, 5.41) is 8.94. The summed E-state index contributed by atoms with van der Waals surface area (Å²) in [5.74, 6) is 0. The Labute approximate surface area is 115 Å². The molecule has 0 radical (unpaired) electrons. The molecular formula is C15H24N2O2. The van der Waals surface area contributed by atoms with E-state index < -0.39 is 0 Å². The molecule has 0 bridgehead atoms. The quantitative estimate of drug-likeness (QED) is 0.766. The van der Waals surface area contributed by atoms with Gasteiger partial charge in [-0.3, -0.25) is 4.90 Å². The van der Waals surface area contributed by atoms with Crippen molar-refractivity contribution in [2.75, 3.05) is 26.2 Å². The zero-order valence-corrected chi connectivity index (χ0v) is 11.6. The van der Waals surface area contributed by atoms with Crippen LogP contribution in [0.25, 0.3) is 0 Å². The lowest BCUT2D eigenvalue weighted by Crippen LogP contribution is -2.45. The average molecular weight is 264 g/mol. The highest BCUT2D eigenvalue weighted by Crippen LogP contribution is 2.42. The monoisotopic (exact) mass is 264 g/mol. The van der Waals surface area contributed by atoms with E-state index in [1.807, 2.05) is 0 Å². The lowest BCUT2D eigenvalue weighted by atomic mass is 9.83. The first-order valence-electron chi connectivity index (χ1n) is 7.71. The lowest BCUT2D eigenvalue weighted by molar-refractivity contribution is -0.0825. The first-order valence-corrected chi connectivity index (χ1v) is 7.71. The molecule has 0 aromatic rings. The van der Waals surface area contributed by atoms with Gasteiger partial charge < -0.3 is 9.47 Å². The van der Waals surface area contributed by atoms with Crippen LogP contribution in [0.1, 0.15) is 44.9 Å². The summed E-state index contributed by atoms with van der Waals surface area (Å²) in [7, 11) is 0. The zero-order chi connectivity index (χ0) is 13.1. The molecule has 19 heavy (non-hydrogen) atoms. The molecular weight excluding hydrogens is 240 g/mol. The molecule has 3 aliphatic rings. The van der Waals surface area contributed by atoms with Crippen LogP contribution in [0.4, 0.5) is 0 Å². The number of hydrogen-bond donors (Lipinski definition) is 0. The molecule has 1 saturated carbocycles. The van der Waals surface area contributed by atoms with Crippen LogP contribution in [0, 0.1) is 11.3 Å². The van der Waals surface area contributed by atoms with Crippen molar-refractivity contribution in [2.24, 2.45) is 0 Å². The van der Waals surface area contributed by atoms with Gasteiger partial charge in [0.05, 0.1) is 24.4 Å². The van der Waals surface area contributed by atoms with Gasteiger partial charge in [0.15, 0.2) is 6.10 Å². The van der Waals surface area contributed by atoms with E-state index >= 15 is 0 Å². The number of nitrogens with zero attached hydrogens (tertiary/aromatic N) is 2. The first kappa shape index (κ1) is 13.4. The summed E-state index contributed by atoms with van der Waals surface area (Å²) < 4.78 is 11.8. The molecule has 0 N–H and O–H groups in total. The van der Waals surface area contributed by atoms with Crippen LogP contribution in [0.5, 0.6) is 0 Å². The maximum Gasteiger partial charge on any atom is 0.156 e. The Morgan fingerprint density at radius 2 is 2.05 bits per heavy atom. The molecule has 2 saturated heterocycles. The van der Waals surface area contributed by atoms with E-state index in [0.29, 0.717) is 12.7 Å². The normalized spacial score (nSPS) is 35.3. The third kappa shape index (κ3) is 3.10. The molecule has 106 valence electrons. The van der Waals surface area contributed by atoms with Gasteiger partial charge in [-0.15, -0.1) is 0 Å². The number of morpholine rings is 1. The smallest absolute Gasteiger partial charge is 0.156 e. The van der Waals surface area contributed by atoms with Crippen molar-refractivity contribution < 1.29 is 9.47 Å². The number of nitriles is 1. The lowest BCUT2D eigenvalue weighted by Gasteiger charge is -2.35. The molecule has 3 rings (SSSR count). The highest BCUT2D eigenvalue weighted by molar-refractivity contribution is 4.94. The third-order valence-electron chi connectivity index (χ3n) is 4.86. The second kappa shape index (κ2) is 5.78. The Morgan fingerprint density at radius 1 is 1.21 bits per heavy atom. The van der Waals surface area contributed by atoms with Crippen LogP contribution in [0.2, 0.25) is 0 Å². The van der Waals surface area contributed by atoms with Gasteiger partial charge in [-0.1, -0.05) is 19.3 Å². The Hall–Kier alpha value is -0.630. The van der Waals surface area contributed by atoms with Crippen LogP contribution in [-0.2, 0) is 9.47 Å². The van der Waals surface area contributed by atoms with Crippen molar-refractivity contribution in [1.29, 1.82) is 5.26 Å². The van der Waals surface area contributed by atoms with Crippen LogP contribution in [-0.4, -0.2) is 49.0 Å². The van der Waals surface area contributed by atoms with Crippen molar-refractivity contribution in [3.8, 4) is 6.07 Å². The Bertz CT molecular complexity index is 347. The van der Waals surface area contributed by atoms with Gasteiger partial charge in [-0.05, 0) is 25.7 Å². The van der Waals surface area contributed by atoms with Crippen molar-refractivity contribution >= 4 is 0 Å². The topological polar surface area (TPSA) is 45.5 Å². The van der Waals surface area contributed by atoms with Gasteiger partial charge in [0.25, 0.3) is 0 Å². The fourth-order valence-electron chi connectivity index (χ4n) is 3.82. The highest BCUT2D eigenvalue weighted by atomic mass is 16.5. The molecule has 1 aliphatic carbocycles. The number of ether oxygens (including phenoxy) is 2. The van der Waals surface area contributed by atoms with Gasteiger partial charge >= 0.3 is 0 Å². The van der Waals surface area contributed by atoms with Crippen molar-refractivity contribution in [2.45, 2.75) is 62.8 Å². The van der Waals surface area contributed by atoms with E-state index in [0.717, 1.165) is 19.6 Å². The minimum absolute atomic E-state index is 0.212. The summed E-state index contributed by atoms with van der Waals surface area (Å²) in [4.78, 5) is 2.34. The van der Waals surface area contributed by atoms with Gasteiger partial charge in [0.2, 0.25) is 0 Å². The molecule has 1 spiro atoms. The van der Waals surface area contributed by atoms with E-state index in [1.54, 1.807) is 0 Å². The van der Waals surface area contributed by atoms with E-state index in [9.17, 15) is 0 Å². The van der Waals surface area contributed by atoms with Crippen molar-refractivity contribution in [3.05, 3.63) is 0 Å². The molecule has 3 fully saturated rings. The fourth-order valence-corrected chi connectivity index (χ4v) is 3.82. The average Bonchev–Trinajstić information content (AvgIpc) is 2.82. The second-order valence-corrected chi connectivity index (χ2v) is 6.27. The van der Waals surface area contributed by atoms with E-state index in [-0.39, 0.29) is 11.7 Å². The minimum Gasteiger partial charge on any atom is -0.370 e. The van der Waals surface area contributed by atoms with E-state index in [2.05, 4.69) is 11.0 Å². The third-order valence-corrected chi connectivity index (χ3v) is 4.86. The minimum atomic E-state index is -0.251. The molecule has 4 heteroatoms. The fraction of sp³-hybridized carbons (Fsp3) is 0.933. The summed E-state index contributed by atoms with van der Waals surface area (Å²) in [6.07, 6.45) is 9.11. The Morgan fingerprint density at radius 3 is 2.84 bits per heavy atom. The zero-order valence-electron chi connectivity index (χ0n) is 11.6. The molecule has 0 aromatic carbocycles. The highest BCUT2D eigenvalue weighted by Gasteiger charge is 2.41. The SMILES string of the molecule is N#CC1CN(CC2CCC3(CCCCC3)O2)CCO1. The van der Waals surface area contributed by atoms with Crippen molar-refractivity contribution in [3.63, 3.8) is 0 Å². The molecule has 0 amide bonds. The molecule has 2 aliphatic heterocycles.